The molecular weight excluding hydrogens is 408 g/mol. The number of aryl methyl sites for hydroxylation is 1. The molecule has 0 bridgehead atoms. The van der Waals surface area contributed by atoms with Crippen molar-refractivity contribution >= 4 is 35.0 Å². The Balaban J connectivity index is 1.68. The number of ether oxygens (including phenoxy) is 1. The Kier molecular flexibility index (Phi) is 7.17. The molecule has 0 aliphatic rings. The lowest BCUT2D eigenvalue weighted by atomic mass is 10.2. The summed E-state index contributed by atoms with van der Waals surface area (Å²) in [5, 5.41) is 12.8. The summed E-state index contributed by atoms with van der Waals surface area (Å²) in [6.07, 6.45) is 0. The minimum atomic E-state index is -0.117. The lowest BCUT2D eigenvalue weighted by molar-refractivity contribution is -0.113. The van der Waals surface area contributed by atoms with Crippen molar-refractivity contribution < 1.29 is 9.53 Å². The quantitative estimate of drug-likeness (QED) is 0.506. The number of anilines is 1. The summed E-state index contributed by atoms with van der Waals surface area (Å²) in [4.78, 5) is 12.4. The first-order valence-electron chi connectivity index (χ1n) is 9.37. The molecule has 29 heavy (non-hydrogen) atoms. The van der Waals surface area contributed by atoms with Gasteiger partial charge in [-0.25, -0.2) is 0 Å². The minimum Gasteiger partial charge on any atom is -0.494 e. The van der Waals surface area contributed by atoms with Crippen molar-refractivity contribution in [1.82, 2.24) is 14.8 Å². The molecule has 0 spiro atoms. The fraction of sp³-hybridized carbons (Fsp3) is 0.286. The number of hydrogen-bond donors (Lipinski definition) is 1. The Morgan fingerprint density at radius 1 is 1.17 bits per heavy atom. The molecule has 3 aromatic rings. The van der Waals surface area contributed by atoms with E-state index in [1.165, 1.54) is 11.8 Å². The number of nitrogens with one attached hydrogen (secondary N) is 1. The van der Waals surface area contributed by atoms with Gasteiger partial charge in [-0.2, -0.15) is 0 Å². The van der Waals surface area contributed by atoms with Crippen LogP contribution in [0.1, 0.15) is 19.4 Å². The van der Waals surface area contributed by atoms with E-state index >= 15 is 0 Å². The number of thioether (sulfide) groups is 1. The number of rotatable bonds is 8. The maximum atomic E-state index is 12.4. The molecule has 0 aliphatic carbocycles. The van der Waals surface area contributed by atoms with Gasteiger partial charge in [0.05, 0.1) is 12.4 Å². The average Bonchev–Trinajstić information content (AvgIpc) is 3.13. The van der Waals surface area contributed by atoms with Gasteiger partial charge >= 0.3 is 0 Å². The Morgan fingerprint density at radius 3 is 2.62 bits per heavy atom. The minimum absolute atomic E-state index is 0.117. The van der Waals surface area contributed by atoms with Crippen LogP contribution in [0.2, 0.25) is 5.02 Å². The molecular formula is C21H23ClN4O2S. The topological polar surface area (TPSA) is 69.0 Å². The third-order valence-electron chi connectivity index (χ3n) is 4.26. The molecule has 0 aliphatic heterocycles. The molecule has 1 amide bonds. The summed E-state index contributed by atoms with van der Waals surface area (Å²) < 4.78 is 7.49. The normalized spacial score (nSPS) is 10.8. The van der Waals surface area contributed by atoms with Crippen molar-refractivity contribution in [2.75, 3.05) is 17.7 Å². The van der Waals surface area contributed by atoms with Crippen LogP contribution in [-0.4, -0.2) is 33.0 Å². The Morgan fingerprint density at radius 2 is 1.93 bits per heavy atom. The van der Waals surface area contributed by atoms with Gasteiger partial charge in [0.1, 0.15) is 5.75 Å². The highest BCUT2D eigenvalue weighted by atomic mass is 35.5. The highest BCUT2D eigenvalue weighted by molar-refractivity contribution is 7.99. The molecule has 0 radical (unpaired) electrons. The molecule has 0 atom stereocenters. The van der Waals surface area contributed by atoms with Gasteiger partial charge < -0.3 is 14.6 Å². The summed E-state index contributed by atoms with van der Waals surface area (Å²) in [7, 11) is 0. The second-order valence-corrected chi connectivity index (χ2v) is 7.68. The third-order valence-corrected chi connectivity index (χ3v) is 5.46. The Bertz CT molecular complexity index is 989. The van der Waals surface area contributed by atoms with E-state index in [4.69, 9.17) is 16.3 Å². The van der Waals surface area contributed by atoms with Gasteiger partial charge in [0.2, 0.25) is 5.91 Å². The second-order valence-electron chi connectivity index (χ2n) is 6.30. The first-order chi connectivity index (χ1) is 14.0. The van der Waals surface area contributed by atoms with E-state index in [1.807, 2.05) is 55.7 Å². The zero-order chi connectivity index (χ0) is 20.8. The molecule has 1 N–H and O–H groups in total. The van der Waals surface area contributed by atoms with Crippen LogP contribution in [0.3, 0.4) is 0 Å². The average molecular weight is 431 g/mol. The van der Waals surface area contributed by atoms with Crippen molar-refractivity contribution in [2.45, 2.75) is 32.5 Å². The molecule has 6 nitrogen and oxygen atoms in total. The lowest BCUT2D eigenvalue weighted by Gasteiger charge is -2.10. The molecule has 0 saturated carbocycles. The summed E-state index contributed by atoms with van der Waals surface area (Å²) in [5.74, 6) is 1.70. The maximum absolute atomic E-state index is 12.4. The van der Waals surface area contributed by atoms with Gasteiger partial charge in [-0.15, -0.1) is 10.2 Å². The predicted octanol–water partition coefficient (Wildman–Crippen LogP) is 5.06. The van der Waals surface area contributed by atoms with Crippen molar-refractivity contribution in [1.29, 1.82) is 0 Å². The van der Waals surface area contributed by atoms with Gasteiger partial charge in [0.15, 0.2) is 11.0 Å². The van der Waals surface area contributed by atoms with E-state index in [9.17, 15) is 4.79 Å². The summed E-state index contributed by atoms with van der Waals surface area (Å²) in [6.45, 7) is 7.24. The fourth-order valence-corrected chi connectivity index (χ4v) is 3.78. The molecule has 0 unspecified atom stereocenters. The van der Waals surface area contributed by atoms with Gasteiger partial charge in [-0.3, -0.25) is 4.79 Å². The van der Waals surface area contributed by atoms with Gasteiger partial charge in [-0.05, 0) is 62.7 Å². The number of benzene rings is 2. The largest absolute Gasteiger partial charge is 0.494 e. The summed E-state index contributed by atoms with van der Waals surface area (Å²) in [6, 6.07) is 13.2. The van der Waals surface area contributed by atoms with Crippen molar-refractivity contribution in [3.8, 4) is 17.1 Å². The summed E-state index contributed by atoms with van der Waals surface area (Å²) in [5.41, 5.74) is 2.63. The smallest absolute Gasteiger partial charge is 0.234 e. The van der Waals surface area contributed by atoms with Crippen LogP contribution in [0, 0.1) is 6.92 Å². The molecule has 1 aromatic heterocycles. The molecule has 8 heteroatoms. The highest BCUT2D eigenvalue weighted by Crippen LogP contribution is 2.26. The zero-order valence-corrected chi connectivity index (χ0v) is 18.2. The highest BCUT2D eigenvalue weighted by Gasteiger charge is 2.15. The SMILES string of the molecule is CCOc1ccc(-c2nnc(SCC(=O)Nc3cc(Cl)ccc3C)n2CC)cc1. The van der Waals surface area contributed by atoms with Gasteiger partial charge in [-0.1, -0.05) is 29.4 Å². The van der Waals surface area contributed by atoms with E-state index < -0.39 is 0 Å². The number of aromatic nitrogens is 3. The van der Waals surface area contributed by atoms with Crippen LogP contribution in [0.5, 0.6) is 5.75 Å². The number of carbonyl (C=O) groups is 1. The molecule has 1 heterocycles. The number of carbonyl (C=O) groups excluding carboxylic acids is 1. The van der Waals surface area contributed by atoms with E-state index in [0.717, 1.165) is 28.4 Å². The van der Waals surface area contributed by atoms with Crippen molar-refractivity contribution in [2.24, 2.45) is 0 Å². The van der Waals surface area contributed by atoms with Crippen molar-refractivity contribution in [3.05, 3.63) is 53.1 Å². The molecule has 152 valence electrons. The van der Waals surface area contributed by atoms with E-state index in [-0.39, 0.29) is 11.7 Å². The van der Waals surface area contributed by atoms with Gasteiger partial charge in [0, 0.05) is 22.8 Å². The van der Waals surface area contributed by atoms with E-state index in [2.05, 4.69) is 15.5 Å². The summed E-state index contributed by atoms with van der Waals surface area (Å²) >= 11 is 7.37. The lowest BCUT2D eigenvalue weighted by Crippen LogP contribution is -2.15. The number of halogens is 1. The molecule has 3 rings (SSSR count). The second kappa shape index (κ2) is 9.80. The molecule has 0 fully saturated rings. The van der Waals surface area contributed by atoms with Crippen molar-refractivity contribution in [3.63, 3.8) is 0 Å². The van der Waals surface area contributed by atoms with Crippen LogP contribution >= 0.6 is 23.4 Å². The van der Waals surface area contributed by atoms with Crippen LogP contribution in [0.25, 0.3) is 11.4 Å². The van der Waals surface area contributed by atoms with Crippen LogP contribution in [-0.2, 0) is 11.3 Å². The van der Waals surface area contributed by atoms with Gasteiger partial charge in [0.25, 0.3) is 0 Å². The monoisotopic (exact) mass is 430 g/mol. The predicted molar refractivity (Wildman–Crippen MR) is 118 cm³/mol. The standard InChI is InChI=1S/C21H23ClN4O2S/c1-4-26-20(15-7-10-17(11-8-15)28-5-2)24-25-21(26)29-13-19(27)23-18-12-16(22)9-6-14(18)3/h6-12H,4-5,13H2,1-3H3,(H,23,27). The van der Waals surface area contributed by atoms with Crippen LogP contribution in [0.15, 0.2) is 47.6 Å². The number of amides is 1. The fourth-order valence-electron chi connectivity index (χ4n) is 2.81. The molecule has 0 saturated heterocycles. The number of hydrogen-bond acceptors (Lipinski definition) is 5. The number of nitrogens with zero attached hydrogens (tertiary/aromatic N) is 3. The van der Waals surface area contributed by atoms with Crippen LogP contribution < -0.4 is 10.1 Å². The maximum Gasteiger partial charge on any atom is 0.234 e. The zero-order valence-electron chi connectivity index (χ0n) is 16.6. The van der Waals surface area contributed by atoms with Crippen LogP contribution in [0.4, 0.5) is 5.69 Å². The van der Waals surface area contributed by atoms with E-state index in [0.29, 0.717) is 23.3 Å². The van der Waals surface area contributed by atoms with E-state index in [1.54, 1.807) is 12.1 Å². The first-order valence-corrected chi connectivity index (χ1v) is 10.7. The molecule has 2 aromatic carbocycles. The first kappa shape index (κ1) is 21.2. The Hall–Kier alpha value is -2.51. The Labute approximate surface area is 179 Å². The third kappa shape index (κ3) is 5.31.